The molecule has 0 atom stereocenters. The van der Waals surface area contributed by atoms with Crippen LogP contribution in [0.5, 0.6) is 0 Å². The number of benzene rings is 1. The van der Waals surface area contributed by atoms with Gasteiger partial charge in [0.2, 0.25) is 0 Å². The zero-order chi connectivity index (χ0) is 20.9. The summed E-state index contributed by atoms with van der Waals surface area (Å²) < 4.78 is 39.9. The number of aromatic nitrogens is 2. The first-order valence-corrected chi connectivity index (χ1v) is 8.20. The van der Waals surface area contributed by atoms with Crippen molar-refractivity contribution in [3.8, 4) is 0 Å². The van der Waals surface area contributed by atoms with Gasteiger partial charge in [-0.25, -0.2) is 0 Å². The Bertz CT molecular complexity index is 876. The number of hydrogen-bond donors (Lipinski definition) is 1. The third-order valence-electron chi connectivity index (χ3n) is 3.72. The number of anilines is 1. The maximum Gasteiger partial charge on any atom is 0.435 e. The molecular formula is C19H19F3N4O2. The SMILES string of the molecule is C=CCN(CC=C)C(=O)c1ccc(NC(=O)c2cn(C)nc2C(F)(F)F)cc1. The maximum atomic E-state index is 13.0. The molecule has 0 bridgehead atoms. The van der Waals surface area contributed by atoms with Gasteiger partial charge in [-0.2, -0.15) is 18.3 Å². The van der Waals surface area contributed by atoms with Crippen LogP contribution in [-0.4, -0.2) is 39.6 Å². The smallest absolute Gasteiger partial charge is 0.331 e. The summed E-state index contributed by atoms with van der Waals surface area (Å²) in [6.45, 7) is 7.87. The summed E-state index contributed by atoms with van der Waals surface area (Å²) in [4.78, 5) is 26.2. The van der Waals surface area contributed by atoms with E-state index in [4.69, 9.17) is 0 Å². The van der Waals surface area contributed by atoms with Crippen molar-refractivity contribution in [2.75, 3.05) is 18.4 Å². The van der Waals surface area contributed by atoms with Crippen molar-refractivity contribution in [3.05, 3.63) is 72.6 Å². The molecule has 0 aliphatic rings. The topological polar surface area (TPSA) is 67.2 Å². The van der Waals surface area contributed by atoms with Crippen LogP contribution in [0.2, 0.25) is 0 Å². The minimum absolute atomic E-state index is 0.248. The molecule has 9 heteroatoms. The Hall–Kier alpha value is -3.36. The standard InChI is InChI=1S/C19H19F3N4O2/c1-4-10-26(11-5-2)18(28)13-6-8-14(9-7-13)23-17(27)15-12-25(3)24-16(15)19(20,21)22/h4-9,12H,1-2,10-11H2,3H3,(H,23,27). The molecule has 0 radical (unpaired) electrons. The number of rotatable bonds is 7. The number of alkyl halides is 3. The van der Waals surface area contributed by atoms with Gasteiger partial charge in [0.1, 0.15) is 0 Å². The van der Waals surface area contributed by atoms with Gasteiger partial charge in [0.05, 0.1) is 5.56 Å². The molecule has 28 heavy (non-hydrogen) atoms. The Labute approximate surface area is 159 Å². The minimum atomic E-state index is -4.75. The van der Waals surface area contributed by atoms with E-state index in [2.05, 4.69) is 23.6 Å². The van der Waals surface area contributed by atoms with Gasteiger partial charge in [-0.05, 0) is 24.3 Å². The first kappa shape index (κ1) is 20.9. The first-order chi connectivity index (χ1) is 13.2. The lowest BCUT2D eigenvalue weighted by Gasteiger charge is -2.19. The molecule has 0 fully saturated rings. The van der Waals surface area contributed by atoms with E-state index in [9.17, 15) is 22.8 Å². The number of aryl methyl sites for hydroxylation is 1. The molecule has 148 valence electrons. The van der Waals surface area contributed by atoms with Crippen LogP contribution >= 0.6 is 0 Å². The molecule has 1 N–H and O–H groups in total. The van der Waals surface area contributed by atoms with Crippen LogP contribution in [0.25, 0.3) is 0 Å². The molecule has 2 amide bonds. The van der Waals surface area contributed by atoms with Crippen LogP contribution in [0.1, 0.15) is 26.4 Å². The molecule has 6 nitrogen and oxygen atoms in total. The van der Waals surface area contributed by atoms with E-state index in [1.807, 2.05) is 0 Å². The van der Waals surface area contributed by atoms with Crippen molar-refractivity contribution < 1.29 is 22.8 Å². The molecule has 0 saturated heterocycles. The molecule has 0 saturated carbocycles. The Balaban J connectivity index is 2.17. The second-order valence-electron chi connectivity index (χ2n) is 5.88. The molecule has 0 aliphatic carbocycles. The molecule has 0 aliphatic heterocycles. The van der Waals surface area contributed by atoms with Crippen molar-refractivity contribution >= 4 is 17.5 Å². The highest BCUT2D eigenvalue weighted by Gasteiger charge is 2.39. The lowest BCUT2D eigenvalue weighted by molar-refractivity contribution is -0.141. The van der Waals surface area contributed by atoms with Gasteiger partial charge in [-0.3, -0.25) is 14.3 Å². The molecule has 1 heterocycles. The van der Waals surface area contributed by atoms with Crippen molar-refractivity contribution in [1.29, 1.82) is 0 Å². The Morgan fingerprint density at radius 1 is 1.18 bits per heavy atom. The summed E-state index contributed by atoms with van der Waals surface area (Å²) in [7, 11) is 1.30. The van der Waals surface area contributed by atoms with Gasteiger partial charge < -0.3 is 10.2 Å². The zero-order valence-corrected chi connectivity index (χ0v) is 15.2. The highest BCUT2D eigenvalue weighted by atomic mass is 19.4. The van der Waals surface area contributed by atoms with E-state index < -0.39 is 23.3 Å². The predicted octanol–water partition coefficient (Wildman–Crippen LogP) is 3.51. The van der Waals surface area contributed by atoms with Crippen LogP contribution in [-0.2, 0) is 13.2 Å². The lowest BCUT2D eigenvalue weighted by atomic mass is 10.1. The highest BCUT2D eigenvalue weighted by molar-refractivity contribution is 6.05. The zero-order valence-electron chi connectivity index (χ0n) is 15.2. The molecule has 2 rings (SSSR count). The Morgan fingerprint density at radius 2 is 1.75 bits per heavy atom. The van der Waals surface area contributed by atoms with Crippen molar-refractivity contribution in [1.82, 2.24) is 14.7 Å². The van der Waals surface area contributed by atoms with E-state index in [-0.39, 0.29) is 11.6 Å². The lowest BCUT2D eigenvalue weighted by Crippen LogP contribution is -2.31. The molecule has 0 unspecified atom stereocenters. The van der Waals surface area contributed by atoms with E-state index in [0.717, 1.165) is 10.9 Å². The summed E-state index contributed by atoms with van der Waals surface area (Å²) in [5.41, 5.74) is -1.24. The second-order valence-corrected chi connectivity index (χ2v) is 5.88. The summed E-state index contributed by atoms with van der Waals surface area (Å²) >= 11 is 0. The van der Waals surface area contributed by atoms with Crippen molar-refractivity contribution in [3.63, 3.8) is 0 Å². The summed E-state index contributed by atoms with van der Waals surface area (Å²) in [6.07, 6.45) is -0.577. The van der Waals surface area contributed by atoms with E-state index in [0.29, 0.717) is 18.7 Å². The maximum absolute atomic E-state index is 13.0. The Kier molecular flexibility index (Phi) is 6.40. The number of nitrogens with one attached hydrogen (secondary N) is 1. The van der Waals surface area contributed by atoms with Crippen LogP contribution in [0.15, 0.2) is 55.8 Å². The van der Waals surface area contributed by atoms with Crippen LogP contribution in [0.4, 0.5) is 18.9 Å². The van der Waals surface area contributed by atoms with Crippen LogP contribution in [0, 0.1) is 0 Å². The normalized spacial score (nSPS) is 11.0. The van der Waals surface area contributed by atoms with E-state index in [1.165, 1.54) is 36.2 Å². The van der Waals surface area contributed by atoms with Crippen LogP contribution in [0.3, 0.4) is 0 Å². The Morgan fingerprint density at radius 3 is 2.25 bits per heavy atom. The van der Waals surface area contributed by atoms with Gasteiger partial charge >= 0.3 is 6.18 Å². The average molecular weight is 392 g/mol. The molecule has 1 aromatic heterocycles. The van der Waals surface area contributed by atoms with E-state index in [1.54, 1.807) is 12.2 Å². The van der Waals surface area contributed by atoms with Gasteiger partial charge in [-0.15, -0.1) is 13.2 Å². The molecule has 2 aromatic rings. The van der Waals surface area contributed by atoms with Crippen LogP contribution < -0.4 is 5.32 Å². The van der Waals surface area contributed by atoms with Gasteiger partial charge in [0, 0.05) is 37.6 Å². The number of carbonyl (C=O) groups excluding carboxylic acids is 2. The van der Waals surface area contributed by atoms with Crippen molar-refractivity contribution in [2.24, 2.45) is 7.05 Å². The fourth-order valence-corrected chi connectivity index (χ4v) is 2.49. The first-order valence-electron chi connectivity index (χ1n) is 8.20. The summed E-state index contributed by atoms with van der Waals surface area (Å²) in [5.74, 6) is -1.20. The predicted molar refractivity (Wildman–Crippen MR) is 98.9 cm³/mol. The minimum Gasteiger partial charge on any atom is -0.331 e. The summed E-state index contributed by atoms with van der Waals surface area (Å²) in [6, 6.07) is 5.83. The fourth-order valence-electron chi connectivity index (χ4n) is 2.49. The number of amides is 2. The second kappa shape index (κ2) is 8.55. The van der Waals surface area contributed by atoms with Gasteiger partial charge in [-0.1, -0.05) is 12.2 Å². The monoisotopic (exact) mass is 392 g/mol. The number of carbonyl (C=O) groups is 2. The number of nitrogens with zero attached hydrogens (tertiary/aromatic N) is 3. The third kappa shape index (κ3) is 4.87. The largest absolute Gasteiger partial charge is 0.435 e. The van der Waals surface area contributed by atoms with Crippen molar-refractivity contribution in [2.45, 2.75) is 6.18 Å². The number of hydrogen-bond acceptors (Lipinski definition) is 3. The summed E-state index contributed by atoms with van der Waals surface area (Å²) in [5, 5.41) is 5.68. The molecule has 0 spiro atoms. The van der Waals surface area contributed by atoms with E-state index >= 15 is 0 Å². The van der Waals surface area contributed by atoms with Gasteiger partial charge in [0.15, 0.2) is 5.69 Å². The van der Waals surface area contributed by atoms with Gasteiger partial charge in [0.25, 0.3) is 11.8 Å². The molecule has 1 aromatic carbocycles. The third-order valence-corrected chi connectivity index (χ3v) is 3.72. The highest BCUT2D eigenvalue weighted by Crippen LogP contribution is 2.30. The fraction of sp³-hybridized carbons (Fsp3) is 0.211. The number of halogens is 3. The quantitative estimate of drug-likeness (QED) is 0.734. The molecular weight excluding hydrogens is 373 g/mol. The average Bonchev–Trinajstić information content (AvgIpc) is 3.04.